The van der Waals surface area contributed by atoms with Crippen LogP contribution in [0.3, 0.4) is 0 Å². The molecule has 6 nitrogen and oxygen atoms in total. The van der Waals surface area contributed by atoms with Crippen molar-refractivity contribution in [1.82, 2.24) is 19.7 Å². The number of carbonyl (C=O) groups excluding carboxylic acids is 1. The SMILES string of the molecule is CC(C)C(c1nc(-c2cc(Cl)ccc2F)nn1Cc1ccccc1)N(CC[C@H](N)CF)C(=O)c1ccccc1. The van der Waals surface area contributed by atoms with Crippen molar-refractivity contribution in [3.05, 3.63) is 107 Å². The van der Waals surface area contributed by atoms with Crippen LogP contribution in [0.2, 0.25) is 5.02 Å². The monoisotopic (exact) mass is 551 g/mol. The first-order valence-electron chi connectivity index (χ1n) is 12.9. The second-order valence-electron chi connectivity index (χ2n) is 9.82. The molecule has 4 rings (SSSR count). The van der Waals surface area contributed by atoms with Crippen LogP contribution in [0.1, 0.15) is 48.1 Å². The third kappa shape index (κ3) is 6.88. The number of rotatable bonds is 11. The summed E-state index contributed by atoms with van der Waals surface area (Å²) in [6, 6.07) is 21.6. The van der Waals surface area contributed by atoms with Crippen molar-refractivity contribution in [2.45, 2.75) is 38.9 Å². The molecule has 0 aliphatic rings. The second-order valence-corrected chi connectivity index (χ2v) is 10.3. The van der Waals surface area contributed by atoms with Crippen LogP contribution >= 0.6 is 11.6 Å². The van der Waals surface area contributed by atoms with E-state index in [0.717, 1.165) is 5.56 Å². The zero-order chi connectivity index (χ0) is 27.9. The highest BCUT2D eigenvalue weighted by Crippen LogP contribution is 2.32. The van der Waals surface area contributed by atoms with E-state index in [9.17, 15) is 13.6 Å². The molecular formula is C30H32ClF2N5O. The summed E-state index contributed by atoms with van der Waals surface area (Å²) in [6.07, 6.45) is 0.265. The molecule has 0 saturated carbocycles. The molecule has 0 aliphatic heterocycles. The Morgan fingerprint density at radius 3 is 2.36 bits per heavy atom. The van der Waals surface area contributed by atoms with Gasteiger partial charge in [-0.2, -0.15) is 5.10 Å². The van der Waals surface area contributed by atoms with Crippen molar-refractivity contribution >= 4 is 17.5 Å². The number of aromatic nitrogens is 3. The zero-order valence-electron chi connectivity index (χ0n) is 22.0. The van der Waals surface area contributed by atoms with Crippen molar-refractivity contribution in [2.24, 2.45) is 11.7 Å². The summed E-state index contributed by atoms with van der Waals surface area (Å²) in [6.45, 7) is 3.83. The van der Waals surface area contributed by atoms with Crippen LogP contribution in [0.4, 0.5) is 8.78 Å². The Balaban J connectivity index is 1.85. The maximum atomic E-state index is 14.9. The number of halogens is 3. The molecule has 0 aliphatic carbocycles. The molecule has 0 bridgehead atoms. The summed E-state index contributed by atoms with van der Waals surface area (Å²) in [4.78, 5) is 20.3. The van der Waals surface area contributed by atoms with Gasteiger partial charge in [0.15, 0.2) is 11.6 Å². The van der Waals surface area contributed by atoms with Crippen LogP contribution in [0.15, 0.2) is 78.9 Å². The Bertz CT molecular complexity index is 1380. The number of benzene rings is 3. The van der Waals surface area contributed by atoms with Gasteiger partial charge in [-0.05, 0) is 48.2 Å². The first-order chi connectivity index (χ1) is 18.8. The molecule has 2 N–H and O–H groups in total. The molecule has 1 heterocycles. The van der Waals surface area contributed by atoms with E-state index < -0.39 is 24.6 Å². The highest BCUT2D eigenvalue weighted by atomic mass is 35.5. The van der Waals surface area contributed by atoms with Gasteiger partial charge < -0.3 is 10.6 Å². The molecule has 4 aromatic rings. The first kappa shape index (κ1) is 28.4. The molecule has 1 aromatic heterocycles. The summed E-state index contributed by atoms with van der Waals surface area (Å²) < 4.78 is 29.9. The van der Waals surface area contributed by atoms with Crippen LogP contribution in [0.5, 0.6) is 0 Å². The number of alkyl halides is 1. The summed E-state index contributed by atoms with van der Waals surface area (Å²) in [7, 11) is 0. The molecule has 0 radical (unpaired) electrons. The smallest absolute Gasteiger partial charge is 0.254 e. The second kappa shape index (κ2) is 13.0. The minimum atomic E-state index is -0.706. The summed E-state index contributed by atoms with van der Waals surface area (Å²) >= 11 is 6.18. The van der Waals surface area contributed by atoms with E-state index in [-0.39, 0.29) is 36.2 Å². The van der Waals surface area contributed by atoms with Gasteiger partial charge in [0.1, 0.15) is 12.5 Å². The Labute approximate surface area is 232 Å². The van der Waals surface area contributed by atoms with E-state index in [1.165, 1.54) is 18.2 Å². The van der Waals surface area contributed by atoms with Crippen LogP contribution in [0.25, 0.3) is 11.4 Å². The molecule has 9 heteroatoms. The highest BCUT2D eigenvalue weighted by molar-refractivity contribution is 6.30. The van der Waals surface area contributed by atoms with Gasteiger partial charge in [-0.3, -0.25) is 4.79 Å². The van der Waals surface area contributed by atoms with Gasteiger partial charge in [-0.15, -0.1) is 0 Å². The quantitative estimate of drug-likeness (QED) is 0.237. The van der Waals surface area contributed by atoms with Gasteiger partial charge in [-0.1, -0.05) is 74.0 Å². The number of hydrogen-bond donors (Lipinski definition) is 1. The summed E-state index contributed by atoms with van der Waals surface area (Å²) in [5, 5.41) is 5.05. The summed E-state index contributed by atoms with van der Waals surface area (Å²) in [5.41, 5.74) is 7.54. The molecule has 39 heavy (non-hydrogen) atoms. The molecule has 0 saturated heterocycles. The van der Waals surface area contributed by atoms with Crippen molar-refractivity contribution in [2.75, 3.05) is 13.2 Å². The Morgan fingerprint density at radius 1 is 1.05 bits per heavy atom. The van der Waals surface area contributed by atoms with E-state index in [4.69, 9.17) is 27.4 Å². The van der Waals surface area contributed by atoms with E-state index in [2.05, 4.69) is 0 Å². The average Bonchev–Trinajstić information content (AvgIpc) is 3.35. The maximum absolute atomic E-state index is 14.9. The van der Waals surface area contributed by atoms with Crippen molar-refractivity contribution in [1.29, 1.82) is 0 Å². The largest absolute Gasteiger partial charge is 0.328 e. The number of nitrogens with zero attached hydrogens (tertiary/aromatic N) is 4. The van der Waals surface area contributed by atoms with Crippen LogP contribution in [0, 0.1) is 11.7 Å². The highest BCUT2D eigenvalue weighted by Gasteiger charge is 2.34. The Morgan fingerprint density at radius 2 is 1.72 bits per heavy atom. The number of carbonyl (C=O) groups is 1. The van der Waals surface area contributed by atoms with Crippen molar-refractivity contribution in [3.8, 4) is 11.4 Å². The van der Waals surface area contributed by atoms with E-state index in [1.807, 2.05) is 50.2 Å². The molecule has 1 amide bonds. The normalized spacial score (nSPS) is 12.9. The van der Waals surface area contributed by atoms with Gasteiger partial charge in [0.25, 0.3) is 5.91 Å². The van der Waals surface area contributed by atoms with Crippen molar-refractivity contribution in [3.63, 3.8) is 0 Å². The maximum Gasteiger partial charge on any atom is 0.254 e. The molecule has 0 fully saturated rings. The van der Waals surface area contributed by atoms with Gasteiger partial charge in [0, 0.05) is 23.2 Å². The third-order valence-electron chi connectivity index (χ3n) is 6.50. The van der Waals surface area contributed by atoms with Crippen LogP contribution in [-0.4, -0.2) is 44.8 Å². The molecular weight excluding hydrogens is 520 g/mol. The van der Waals surface area contributed by atoms with Gasteiger partial charge in [0.05, 0.1) is 18.2 Å². The van der Waals surface area contributed by atoms with Gasteiger partial charge in [0.2, 0.25) is 0 Å². The summed E-state index contributed by atoms with van der Waals surface area (Å²) in [5.74, 6) is -0.198. The number of nitrogens with two attached hydrogens (primary N) is 1. The molecule has 0 spiro atoms. The fourth-order valence-electron chi connectivity index (χ4n) is 4.52. The fourth-order valence-corrected chi connectivity index (χ4v) is 4.69. The average molecular weight is 552 g/mol. The topological polar surface area (TPSA) is 77.0 Å². The van der Waals surface area contributed by atoms with Crippen LogP contribution < -0.4 is 5.73 Å². The molecule has 3 aromatic carbocycles. The minimum Gasteiger partial charge on any atom is -0.328 e. The molecule has 204 valence electrons. The Hall–Kier alpha value is -3.62. The van der Waals surface area contributed by atoms with E-state index >= 15 is 0 Å². The van der Waals surface area contributed by atoms with Gasteiger partial charge in [-0.25, -0.2) is 18.4 Å². The molecule has 1 unspecified atom stereocenters. The zero-order valence-corrected chi connectivity index (χ0v) is 22.7. The lowest BCUT2D eigenvalue weighted by atomic mass is 9.99. The minimum absolute atomic E-state index is 0.116. The Kier molecular flexibility index (Phi) is 9.43. The van der Waals surface area contributed by atoms with Crippen molar-refractivity contribution < 1.29 is 13.6 Å². The van der Waals surface area contributed by atoms with E-state index in [0.29, 0.717) is 23.0 Å². The lowest BCUT2D eigenvalue weighted by Crippen LogP contribution is -2.41. The third-order valence-corrected chi connectivity index (χ3v) is 6.73. The van der Waals surface area contributed by atoms with Gasteiger partial charge >= 0.3 is 0 Å². The number of amides is 1. The molecule has 2 atom stereocenters. The van der Waals surface area contributed by atoms with E-state index in [1.54, 1.807) is 33.8 Å². The number of hydrogen-bond acceptors (Lipinski definition) is 4. The predicted molar refractivity (Wildman–Crippen MR) is 150 cm³/mol. The predicted octanol–water partition coefficient (Wildman–Crippen LogP) is 6.31. The fraction of sp³-hybridized carbons (Fsp3) is 0.300. The van der Waals surface area contributed by atoms with Crippen LogP contribution in [-0.2, 0) is 6.54 Å². The lowest BCUT2D eigenvalue weighted by Gasteiger charge is -2.34. The standard InChI is InChI=1S/C30H32ClF2N5O/c1-20(2)27(37(16-15-24(34)18-32)30(39)22-11-7-4-8-12-22)29-35-28(25-17-23(31)13-14-26(25)33)36-38(29)19-21-9-5-3-6-10-21/h3-14,17,20,24,27H,15-16,18-19,34H2,1-2H3/t24-,27?/m0/s1. The lowest BCUT2D eigenvalue weighted by molar-refractivity contribution is 0.0594. The first-order valence-corrected chi connectivity index (χ1v) is 13.3.